The Labute approximate surface area is 180 Å². The van der Waals surface area contributed by atoms with E-state index in [2.05, 4.69) is 17.5 Å². The van der Waals surface area contributed by atoms with E-state index >= 15 is 0 Å². The van der Waals surface area contributed by atoms with E-state index in [1.807, 2.05) is 0 Å². The van der Waals surface area contributed by atoms with Gasteiger partial charge in [0, 0.05) is 18.0 Å². The molecule has 3 saturated carbocycles. The van der Waals surface area contributed by atoms with Crippen molar-refractivity contribution in [1.82, 2.24) is 5.32 Å². The average Bonchev–Trinajstić information content (AvgIpc) is 2.69. The number of nitrogens with one attached hydrogen (secondary N) is 1. The van der Waals surface area contributed by atoms with Crippen molar-refractivity contribution in [3.8, 4) is 0 Å². The van der Waals surface area contributed by atoms with E-state index in [9.17, 15) is 18.0 Å². The molecule has 30 heavy (non-hydrogen) atoms. The Morgan fingerprint density at radius 2 is 1.90 bits per heavy atom. The first kappa shape index (κ1) is 23.1. The monoisotopic (exact) mass is 443 g/mol. The molecule has 0 heterocycles. The molecule has 0 saturated heterocycles. The molecule has 0 aliphatic heterocycles. The van der Waals surface area contributed by atoms with Gasteiger partial charge in [0.25, 0.3) is 0 Å². The van der Waals surface area contributed by atoms with Gasteiger partial charge in [-0.15, -0.1) is 0 Å². The van der Waals surface area contributed by atoms with Crippen molar-refractivity contribution in [2.75, 3.05) is 6.54 Å². The van der Waals surface area contributed by atoms with E-state index in [0.717, 1.165) is 12.5 Å². The van der Waals surface area contributed by atoms with Crippen LogP contribution < -0.4 is 5.32 Å². The van der Waals surface area contributed by atoms with Crippen LogP contribution in [0.5, 0.6) is 0 Å². The summed E-state index contributed by atoms with van der Waals surface area (Å²) in [5.41, 5.74) is -0.462. The summed E-state index contributed by atoms with van der Waals surface area (Å²) in [6.07, 6.45) is 6.27. The van der Waals surface area contributed by atoms with Crippen molar-refractivity contribution in [3.05, 3.63) is 46.5 Å². The number of carboxylic acid groups (broad SMARTS) is 1. The molecule has 0 aromatic heterocycles. The largest absolute Gasteiger partial charge is 0.481 e. The van der Waals surface area contributed by atoms with Gasteiger partial charge in [-0.05, 0) is 86.4 Å². The van der Waals surface area contributed by atoms with Gasteiger partial charge in [0.2, 0.25) is 0 Å². The summed E-state index contributed by atoms with van der Waals surface area (Å²) in [5.74, 6) is 1.28. The van der Waals surface area contributed by atoms with Crippen molar-refractivity contribution in [2.24, 2.45) is 23.7 Å². The molecule has 2 bridgehead atoms. The molecule has 3 aliphatic rings. The first-order chi connectivity index (χ1) is 14.3. The summed E-state index contributed by atoms with van der Waals surface area (Å²) < 4.78 is 39.9. The van der Waals surface area contributed by atoms with Crippen molar-refractivity contribution in [3.63, 3.8) is 0 Å². The van der Waals surface area contributed by atoms with Crippen LogP contribution in [-0.4, -0.2) is 17.6 Å². The summed E-state index contributed by atoms with van der Waals surface area (Å²) in [4.78, 5) is 10.7. The van der Waals surface area contributed by atoms with E-state index in [-0.39, 0.29) is 23.6 Å². The molecule has 0 unspecified atom stereocenters. The normalized spacial score (nSPS) is 26.4. The number of unbranched alkanes of at least 4 members (excludes halogenated alkanes) is 1. The molecule has 1 aromatic carbocycles. The van der Waals surface area contributed by atoms with Gasteiger partial charge < -0.3 is 10.4 Å². The van der Waals surface area contributed by atoms with E-state index < -0.39 is 17.7 Å². The zero-order valence-corrected chi connectivity index (χ0v) is 17.7. The summed E-state index contributed by atoms with van der Waals surface area (Å²) >= 11 is 5.77. The highest BCUT2D eigenvalue weighted by Crippen LogP contribution is 2.49. The van der Waals surface area contributed by atoms with Gasteiger partial charge in [-0.1, -0.05) is 29.8 Å². The Morgan fingerprint density at radius 3 is 2.57 bits per heavy atom. The van der Waals surface area contributed by atoms with Crippen molar-refractivity contribution in [2.45, 2.75) is 57.7 Å². The lowest BCUT2D eigenvalue weighted by molar-refractivity contribution is -0.138. The molecule has 4 rings (SSSR count). The lowest BCUT2D eigenvalue weighted by atomic mass is 9.58. The number of alkyl halides is 3. The number of aliphatic carboxylic acids is 1. The molecule has 0 radical (unpaired) electrons. The zero-order valence-electron chi connectivity index (χ0n) is 16.9. The van der Waals surface area contributed by atoms with Crippen LogP contribution in [0.2, 0.25) is 5.02 Å². The molecule has 3 aliphatic carbocycles. The van der Waals surface area contributed by atoms with Gasteiger partial charge in [-0.3, -0.25) is 4.79 Å². The minimum Gasteiger partial charge on any atom is -0.481 e. The van der Waals surface area contributed by atoms with Crippen LogP contribution >= 0.6 is 11.6 Å². The fourth-order valence-electron chi connectivity index (χ4n) is 5.19. The lowest BCUT2D eigenvalue weighted by Gasteiger charge is -2.48. The maximum atomic E-state index is 13.3. The molecule has 0 spiro atoms. The summed E-state index contributed by atoms with van der Waals surface area (Å²) in [6, 6.07) is 3.94. The van der Waals surface area contributed by atoms with E-state index in [1.54, 1.807) is 0 Å². The molecule has 7 heteroatoms. The predicted octanol–water partition coefficient (Wildman–Crippen LogP) is 6.31. The molecular weight excluding hydrogens is 415 g/mol. The van der Waals surface area contributed by atoms with Crippen molar-refractivity contribution >= 4 is 17.6 Å². The number of carbonyl (C=O) groups is 1. The molecular formula is C23H29ClF3NO2. The second kappa shape index (κ2) is 10.2. The van der Waals surface area contributed by atoms with Crippen LogP contribution in [0.4, 0.5) is 13.2 Å². The van der Waals surface area contributed by atoms with Gasteiger partial charge in [0.05, 0.1) is 5.56 Å². The van der Waals surface area contributed by atoms with Gasteiger partial charge in [0.15, 0.2) is 0 Å². The number of benzene rings is 1. The number of hydrogen-bond acceptors (Lipinski definition) is 2. The van der Waals surface area contributed by atoms with E-state index in [1.165, 1.54) is 37.8 Å². The second-order valence-corrected chi connectivity index (χ2v) is 9.00. The summed E-state index contributed by atoms with van der Waals surface area (Å²) in [6.45, 7) is 0.847. The SMILES string of the molecule is O=C(O)CCC/C=C\[C@H]1C2CCC(CC2)[C@@H]1CNCc1ccc(Cl)cc1C(F)(F)F. The number of rotatable bonds is 9. The number of allylic oxidation sites excluding steroid dienone is 2. The predicted molar refractivity (Wildman–Crippen MR) is 111 cm³/mol. The molecule has 1 aromatic rings. The molecule has 3 nitrogen and oxygen atoms in total. The standard InChI is InChI=1S/C23H29ClF3NO2/c24-18-11-10-17(21(12-18)23(25,26)27)13-28-14-20-16-8-6-15(7-9-16)19(20)4-2-1-3-5-22(29)30/h2,4,10-12,15-16,19-20,28H,1,3,5-9,13-14H2,(H,29,30)/b4-2-/t15?,16?,19-,20-/m0/s1. The number of hydrogen-bond donors (Lipinski definition) is 2. The van der Waals surface area contributed by atoms with Crippen LogP contribution in [0.1, 0.15) is 56.1 Å². The topological polar surface area (TPSA) is 49.3 Å². The molecule has 0 amide bonds. The van der Waals surface area contributed by atoms with Crippen LogP contribution in [0.15, 0.2) is 30.4 Å². The minimum atomic E-state index is -4.42. The number of fused-ring (bicyclic) bond motifs is 3. The lowest BCUT2D eigenvalue weighted by Crippen LogP contribution is -2.43. The Morgan fingerprint density at radius 1 is 1.20 bits per heavy atom. The molecule has 166 valence electrons. The summed E-state index contributed by atoms with van der Waals surface area (Å²) in [5, 5.41) is 12.1. The quantitative estimate of drug-likeness (QED) is 0.347. The van der Waals surface area contributed by atoms with E-state index in [4.69, 9.17) is 16.7 Å². The van der Waals surface area contributed by atoms with Gasteiger partial charge in [-0.25, -0.2) is 0 Å². The highest BCUT2D eigenvalue weighted by atomic mass is 35.5. The maximum absolute atomic E-state index is 13.3. The third-order valence-electron chi connectivity index (χ3n) is 6.65. The summed E-state index contributed by atoms with van der Waals surface area (Å²) in [7, 11) is 0. The van der Waals surface area contributed by atoms with Crippen LogP contribution in [0, 0.1) is 23.7 Å². The first-order valence-corrected chi connectivity index (χ1v) is 11.1. The Bertz CT molecular complexity index is 757. The zero-order chi connectivity index (χ0) is 21.7. The van der Waals surface area contributed by atoms with Crippen molar-refractivity contribution < 1.29 is 23.1 Å². The molecule has 2 atom stereocenters. The Kier molecular flexibility index (Phi) is 7.86. The Hall–Kier alpha value is -1.53. The molecule has 2 N–H and O–H groups in total. The van der Waals surface area contributed by atoms with E-state index in [0.29, 0.717) is 36.6 Å². The third-order valence-corrected chi connectivity index (χ3v) is 6.89. The van der Waals surface area contributed by atoms with Gasteiger partial charge in [0.1, 0.15) is 0 Å². The molecule has 3 fully saturated rings. The van der Waals surface area contributed by atoms with Crippen LogP contribution in [0.3, 0.4) is 0 Å². The highest BCUT2D eigenvalue weighted by molar-refractivity contribution is 6.30. The average molecular weight is 444 g/mol. The highest BCUT2D eigenvalue weighted by Gasteiger charge is 2.42. The van der Waals surface area contributed by atoms with Gasteiger partial charge in [-0.2, -0.15) is 13.2 Å². The van der Waals surface area contributed by atoms with Crippen molar-refractivity contribution in [1.29, 1.82) is 0 Å². The smallest absolute Gasteiger partial charge is 0.416 e. The Balaban J connectivity index is 1.60. The van der Waals surface area contributed by atoms with Crippen LogP contribution in [-0.2, 0) is 17.5 Å². The minimum absolute atomic E-state index is 0.0868. The second-order valence-electron chi connectivity index (χ2n) is 8.56. The van der Waals surface area contributed by atoms with Crippen LogP contribution in [0.25, 0.3) is 0 Å². The number of carboxylic acids is 1. The van der Waals surface area contributed by atoms with Gasteiger partial charge >= 0.3 is 12.1 Å². The number of halogens is 4. The fourth-order valence-corrected chi connectivity index (χ4v) is 5.36. The third kappa shape index (κ3) is 6.01. The first-order valence-electron chi connectivity index (χ1n) is 10.7. The fraction of sp³-hybridized carbons (Fsp3) is 0.609. The maximum Gasteiger partial charge on any atom is 0.416 e.